The summed E-state index contributed by atoms with van der Waals surface area (Å²) >= 11 is 12.3. The monoisotopic (exact) mass is 319 g/mol. The minimum absolute atomic E-state index is 0.0680. The van der Waals surface area contributed by atoms with E-state index in [0.29, 0.717) is 11.6 Å². The second kappa shape index (κ2) is 6.06. The summed E-state index contributed by atoms with van der Waals surface area (Å²) in [6.45, 7) is 0.449. The van der Waals surface area contributed by atoms with Gasteiger partial charge in [-0.3, -0.25) is 5.01 Å². The van der Waals surface area contributed by atoms with E-state index >= 15 is 0 Å². The zero-order valence-electron chi connectivity index (χ0n) is 11.3. The van der Waals surface area contributed by atoms with Crippen LogP contribution < -0.4 is 10.7 Å². The maximum atomic E-state index is 6.34. The Kier molecular flexibility index (Phi) is 4.15. The first-order chi connectivity index (χ1) is 10.2. The Morgan fingerprint density at radius 1 is 1.10 bits per heavy atom. The lowest BCUT2D eigenvalue weighted by molar-refractivity contribution is 0.708. The van der Waals surface area contributed by atoms with Gasteiger partial charge in [0.25, 0.3) is 0 Å². The second-order valence-electron chi connectivity index (χ2n) is 4.93. The summed E-state index contributed by atoms with van der Waals surface area (Å²) in [6.07, 6.45) is 0.781. The molecule has 0 aromatic heterocycles. The molecule has 5 heteroatoms. The Bertz CT molecular complexity index is 667. The molecule has 2 aromatic rings. The van der Waals surface area contributed by atoms with Crippen LogP contribution in [0.1, 0.15) is 18.0 Å². The Balaban J connectivity index is 2.00. The molecule has 1 heterocycles. The fourth-order valence-electron chi connectivity index (χ4n) is 2.52. The highest BCUT2D eigenvalue weighted by atomic mass is 35.5. The summed E-state index contributed by atoms with van der Waals surface area (Å²) in [6, 6.07) is 15.5. The fourth-order valence-corrected chi connectivity index (χ4v) is 2.90. The third-order valence-corrected chi connectivity index (χ3v) is 4.16. The number of halogens is 2. The van der Waals surface area contributed by atoms with E-state index in [-0.39, 0.29) is 6.04 Å². The second-order valence-corrected chi connectivity index (χ2v) is 5.78. The number of nitrogens with two attached hydrogens (primary N) is 1. The normalized spacial score (nSPS) is 18.0. The molecular weight excluding hydrogens is 305 g/mol. The summed E-state index contributed by atoms with van der Waals surface area (Å²) in [7, 11) is 0. The van der Waals surface area contributed by atoms with Crippen molar-refractivity contribution in [2.24, 2.45) is 10.8 Å². The van der Waals surface area contributed by atoms with Crippen LogP contribution in [0.3, 0.4) is 0 Å². The van der Waals surface area contributed by atoms with Gasteiger partial charge < -0.3 is 5.73 Å². The number of nitrogens with zero attached hydrogens (tertiary/aromatic N) is 2. The molecule has 0 saturated heterocycles. The summed E-state index contributed by atoms with van der Waals surface area (Å²) in [4.78, 5) is 0. The first kappa shape index (κ1) is 14.4. The Morgan fingerprint density at radius 2 is 1.81 bits per heavy atom. The van der Waals surface area contributed by atoms with Gasteiger partial charge in [-0.25, -0.2) is 0 Å². The van der Waals surface area contributed by atoms with Gasteiger partial charge in [0.1, 0.15) is 0 Å². The van der Waals surface area contributed by atoms with Crippen molar-refractivity contribution in [3.05, 3.63) is 64.1 Å². The minimum Gasteiger partial charge on any atom is -0.325 e. The summed E-state index contributed by atoms with van der Waals surface area (Å²) in [5.74, 6) is 0. The van der Waals surface area contributed by atoms with Crippen molar-refractivity contribution in [3.63, 3.8) is 0 Å². The topological polar surface area (TPSA) is 41.6 Å². The lowest BCUT2D eigenvalue weighted by atomic mass is 10.0. The molecule has 3 nitrogen and oxygen atoms in total. The lowest BCUT2D eigenvalue weighted by Crippen LogP contribution is -2.18. The van der Waals surface area contributed by atoms with Gasteiger partial charge in [-0.1, -0.05) is 41.4 Å². The van der Waals surface area contributed by atoms with Gasteiger partial charge in [-0.15, -0.1) is 0 Å². The first-order valence-corrected chi connectivity index (χ1v) is 7.50. The molecule has 0 fully saturated rings. The molecule has 0 radical (unpaired) electrons. The van der Waals surface area contributed by atoms with Crippen molar-refractivity contribution >= 4 is 34.6 Å². The number of rotatable bonds is 3. The number of hydrazone groups is 1. The van der Waals surface area contributed by atoms with Crippen LogP contribution in [0.4, 0.5) is 5.69 Å². The summed E-state index contributed by atoms with van der Waals surface area (Å²) in [5, 5.41) is 8.05. The number of benzene rings is 2. The van der Waals surface area contributed by atoms with Crippen molar-refractivity contribution in [1.29, 1.82) is 0 Å². The number of hydrogen-bond acceptors (Lipinski definition) is 3. The van der Waals surface area contributed by atoms with Crippen LogP contribution in [0.5, 0.6) is 0 Å². The van der Waals surface area contributed by atoms with Crippen molar-refractivity contribution < 1.29 is 0 Å². The molecule has 2 aromatic carbocycles. The van der Waals surface area contributed by atoms with Crippen molar-refractivity contribution in [2.75, 3.05) is 11.6 Å². The highest BCUT2D eigenvalue weighted by Crippen LogP contribution is 2.38. The molecule has 3 rings (SSSR count). The average Bonchev–Trinajstić information content (AvgIpc) is 2.92. The Morgan fingerprint density at radius 3 is 2.48 bits per heavy atom. The molecule has 1 unspecified atom stereocenters. The van der Waals surface area contributed by atoms with Crippen molar-refractivity contribution in [1.82, 2.24) is 0 Å². The van der Waals surface area contributed by atoms with Gasteiger partial charge in [0.15, 0.2) is 0 Å². The van der Waals surface area contributed by atoms with Gasteiger partial charge >= 0.3 is 0 Å². The van der Waals surface area contributed by atoms with Gasteiger partial charge in [-0.05, 0) is 35.9 Å². The van der Waals surface area contributed by atoms with Crippen LogP contribution in [-0.4, -0.2) is 12.3 Å². The lowest BCUT2D eigenvalue weighted by Gasteiger charge is -2.24. The molecule has 2 N–H and O–H groups in total. The summed E-state index contributed by atoms with van der Waals surface area (Å²) in [5.41, 5.74) is 8.77. The van der Waals surface area contributed by atoms with E-state index in [1.807, 2.05) is 53.5 Å². The summed E-state index contributed by atoms with van der Waals surface area (Å²) < 4.78 is 0. The highest BCUT2D eigenvalue weighted by molar-refractivity contribution is 6.31. The highest BCUT2D eigenvalue weighted by Gasteiger charge is 2.29. The maximum absolute atomic E-state index is 6.34. The van der Waals surface area contributed by atoms with E-state index in [9.17, 15) is 0 Å². The standard InChI is InChI=1S/C16H15Cl2N3/c17-11-5-7-13(8-6-11)21-16(9-12(10-19)20-21)14-3-1-2-4-15(14)18/h1-8,16H,9-10,19H2. The molecule has 1 aliphatic rings. The smallest absolute Gasteiger partial charge is 0.0843 e. The molecule has 1 atom stereocenters. The largest absolute Gasteiger partial charge is 0.325 e. The molecule has 21 heavy (non-hydrogen) atoms. The fraction of sp³-hybridized carbons (Fsp3) is 0.188. The zero-order valence-corrected chi connectivity index (χ0v) is 12.8. The molecule has 1 aliphatic heterocycles. The third-order valence-electron chi connectivity index (χ3n) is 3.56. The van der Waals surface area contributed by atoms with Crippen LogP contribution >= 0.6 is 23.2 Å². The third kappa shape index (κ3) is 2.91. The van der Waals surface area contributed by atoms with E-state index < -0.39 is 0 Å². The van der Waals surface area contributed by atoms with E-state index in [0.717, 1.165) is 28.4 Å². The van der Waals surface area contributed by atoms with Gasteiger partial charge in [0, 0.05) is 23.0 Å². The molecule has 0 bridgehead atoms. The zero-order chi connectivity index (χ0) is 14.8. The van der Waals surface area contributed by atoms with Crippen LogP contribution in [0, 0.1) is 0 Å². The quantitative estimate of drug-likeness (QED) is 0.918. The molecule has 0 saturated carbocycles. The van der Waals surface area contributed by atoms with E-state index in [4.69, 9.17) is 28.9 Å². The van der Waals surface area contributed by atoms with Gasteiger partial charge in [0.2, 0.25) is 0 Å². The first-order valence-electron chi connectivity index (χ1n) is 6.74. The number of hydrogen-bond donors (Lipinski definition) is 1. The average molecular weight is 320 g/mol. The van der Waals surface area contributed by atoms with Gasteiger partial charge in [-0.2, -0.15) is 5.10 Å². The minimum atomic E-state index is 0.0680. The predicted octanol–water partition coefficient (Wildman–Crippen LogP) is 4.26. The van der Waals surface area contributed by atoms with Crippen LogP contribution in [-0.2, 0) is 0 Å². The van der Waals surface area contributed by atoms with Gasteiger partial charge in [0.05, 0.1) is 17.4 Å². The SMILES string of the molecule is NCC1=NN(c2ccc(Cl)cc2)C(c2ccccc2Cl)C1. The molecule has 108 valence electrons. The van der Waals surface area contributed by atoms with E-state index in [2.05, 4.69) is 5.10 Å². The van der Waals surface area contributed by atoms with Crippen LogP contribution in [0.15, 0.2) is 53.6 Å². The molecule has 0 spiro atoms. The van der Waals surface area contributed by atoms with Crippen LogP contribution in [0.25, 0.3) is 0 Å². The molecular formula is C16H15Cl2N3. The van der Waals surface area contributed by atoms with E-state index in [1.165, 1.54) is 0 Å². The van der Waals surface area contributed by atoms with Crippen molar-refractivity contribution in [2.45, 2.75) is 12.5 Å². The number of anilines is 1. The maximum Gasteiger partial charge on any atom is 0.0843 e. The Hall–Kier alpha value is -1.55. The van der Waals surface area contributed by atoms with E-state index in [1.54, 1.807) is 0 Å². The molecule has 0 aliphatic carbocycles. The van der Waals surface area contributed by atoms with Crippen LogP contribution in [0.2, 0.25) is 10.0 Å². The van der Waals surface area contributed by atoms with Crippen molar-refractivity contribution in [3.8, 4) is 0 Å². The molecule has 0 amide bonds. The Labute approximate surface area is 134 Å². The predicted molar refractivity (Wildman–Crippen MR) is 89.2 cm³/mol.